The van der Waals surface area contributed by atoms with Crippen LogP contribution in [-0.4, -0.2) is 23.7 Å². The van der Waals surface area contributed by atoms with Gasteiger partial charge in [0.2, 0.25) is 0 Å². The van der Waals surface area contributed by atoms with Gasteiger partial charge in [0.15, 0.2) is 0 Å². The topological polar surface area (TPSA) is 40.5 Å². The summed E-state index contributed by atoms with van der Waals surface area (Å²) in [5, 5.41) is 9.11. The van der Waals surface area contributed by atoms with E-state index < -0.39 is 5.97 Å². The molecule has 3 nitrogen and oxygen atoms in total. The first-order valence-corrected chi connectivity index (χ1v) is 7.03. The molecule has 1 N–H and O–H groups in total. The van der Waals surface area contributed by atoms with Crippen molar-refractivity contribution in [3.05, 3.63) is 29.3 Å². The van der Waals surface area contributed by atoms with Crippen LogP contribution < -0.4 is 4.90 Å². The van der Waals surface area contributed by atoms with Crippen LogP contribution in [0.3, 0.4) is 0 Å². The first-order valence-electron chi connectivity index (χ1n) is 7.03. The average molecular weight is 261 g/mol. The predicted octanol–water partition coefficient (Wildman–Crippen LogP) is 3.28. The standard InChI is InChI=1S/C16H23NO2/c1-10(2)17-9-12(4)14-7-5-6-13(15(14)17)8-11(3)16(18)19/h5-7,10-12H,8-9H2,1-4H3,(H,18,19). The van der Waals surface area contributed by atoms with Gasteiger partial charge in [0.05, 0.1) is 5.92 Å². The Balaban J connectivity index is 2.39. The number of para-hydroxylation sites is 1. The van der Waals surface area contributed by atoms with Gasteiger partial charge in [0.25, 0.3) is 0 Å². The van der Waals surface area contributed by atoms with E-state index in [1.165, 1.54) is 16.8 Å². The molecule has 0 radical (unpaired) electrons. The summed E-state index contributed by atoms with van der Waals surface area (Å²) in [6.07, 6.45) is 0.606. The van der Waals surface area contributed by atoms with Crippen LogP contribution in [0, 0.1) is 5.92 Å². The largest absolute Gasteiger partial charge is 0.481 e. The van der Waals surface area contributed by atoms with Crippen LogP contribution >= 0.6 is 0 Å². The van der Waals surface area contributed by atoms with Crippen LogP contribution in [0.4, 0.5) is 5.69 Å². The zero-order chi connectivity index (χ0) is 14.2. The lowest BCUT2D eigenvalue weighted by atomic mass is 9.95. The zero-order valence-corrected chi connectivity index (χ0v) is 12.2. The summed E-state index contributed by atoms with van der Waals surface area (Å²) >= 11 is 0. The molecule has 2 unspecified atom stereocenters. The zero-order valence-electron chi connectivity index (χ0n) is 12.2. The lowest BCUT2D eigenvalue weighted by molar-refractivity contribution is -0.141. The second-order valence-electron chi connectivity index (χ2n) is 5.95. The molecule has 2 atom stereocenters. The third-order valence-electron chi connectivity index (χ3n) is 4.01. The van der Waals surface area contributed by atoms with Gasteiger partial charge in [-0.05, 0) is 31.4 Å². The first kappa shape index (κ1) is 13.9. The molecular formula is C16H23NO2. The summed E-state index contributed by atoms with van der Waals surface area (Å²) in [5.41, 5.74) is 3.81. The summed E-state index contributed by atoms with van der Waals surface area (Å²) < 4.78 is 0. The van der Waals surface area contributed by atoms with E-state index in [0.717, 1.165) is 6.54 Å². The molecule has 1 aromatic carbocycles. The summed E-state index contributed by atoms with van der Waals surface area (Å²) in [4.78, 5) is 13.5. The molecule has 19 heavy (non-hydrogen) atoms. The van der Waals surface area contributed by atoms with Crippen molar-refractivity contribution >= 4 is 11.7 Å². The third-order valence-corrected chi connectivity index (χ3v) is 4.01. The van der Waals surface area contributed by atoms with Crippen molar-refractivity contribution in [2.24, 2.45) is 5.92 Å². The molecule has 0 spiro atoms. The molecule has 1 aromatic rings. The molecule has 1 heterocycles. The van der Waals surface area contributed by atoms with Gasteiger partial charge in [-0.1, -0.05) is 32.0 Å². The van der Waals surface area contributed by atoms with Crippen molar-refractivity contribution in [2.75, 3.05) is 11.4 Å². The van der Waals surface area contributed by atoms with Crippen LogP contribution in [0.25, 0.3) is 0 Å². The van der Waals surface area contributed by atoms with E-state index in [1.807, 2.05) is 0 Å². The fourth-order valence-electron chi connectivity index (χ4n) is 2.89. The fourth-order valence-corrected chi connectivity index (χ4v) is 2.89. The molecular weight excluding hydrogens is 238 g/mol. The molecule has 0 aromatic heterocycles. The van der Waals surface area contributed by atoms with E-state index in [9.17, 15) is 4.79 Å². The molecule has 0 amide bonds. The van der Waals surface area contributed by atoms with E-state index in [1.54, 1.807) is 6.92 Å². The maximum absolute atomic E-state index is 11.1. The lowest BCUT2D eigenvalue weighted by Crippen LogP contribution is -2.30. The average Bonchev–Trinajstić information content (AvgIpc) is 2.68. The van der Waals surface area contributed by atoms with E-state index in [-0.39, 0.29) is 5.92 Å². The highest BCUT2D eigenvalue weighted by Crippen LogP contribution is 2.40. The quantitative estimate of drug-likeness (QED) is 0.904. The van der Waals surface area contributed by atoms with E-state index in [0.29, 0.717) is 18.4 Å². The smallest absolute Gasteiger partial charge is 0.306 e. The number of aliphatic carboxylic acids is 1. The number of carboxylic acids is 1. The second kappa shape index (κ2) is 5.24. The first-order chi connectivity index (χ1) is 8.91. The Kier molecular flexibility index (Phi) is 3.83. The Bertz CT molecular complexity index is 482. The van der Waals surface area contributed by atoms with Gasteiger partial charge >= 0.3 is 5.97 Å². The number of nitrogens with zero attached hydrogens (tertiary/aromatic N) is 1. The molecule has 3 heteroatoms. The van der Waals surface area contributed by atoms with Crippen molar-refractivity contribution < 1.29 is 9.90 Å². The summed E-state index contributed by atoms with van der Waals surface area (Å²) in [6.45, 7) is 9.44. The number of rotatable bonds is 4. The Hall–Kier alpha value is -1.51. The van der Waals surface area contributed by atoms with Gasteiger partial charge in [-0.25, -0.2) is 0 Å². The van der Waals surface area contributed by atoms with Gasteiger partial charge in [0.1, 0.15) is 0 Å². The van der Waals surface area contributed by atoms with Crippen LogP contribution in [0.2, 0.25) is 0 Å². The maximum atomic E-state index is 11.1. The van der Waals surface area contributed by atoms with Crippen molar-refractivity contribution in [2.45, 2.75) is 46.1 Å². The van der Waals surface area contributed by atoms with Crippen LogP contribution in [0.1, 0.15) is 44.7 Å². The van der Waals surface area contributed by atoms with Gasteiger partial charge in [-0.2, -0.15) is 0 Å². The van der Waals surface area contributed by atoms with E-state index in [2.05, 4.69) is 43.9 Å². The molecule has 104 valence electrons. The molecule has 1 aliphatic heterocycles. The highest BCUT2D eigenvalue weighted by atomic mass is 16.4. The van der Waals surface area contributed by atoms with Gasteiger partial charge in [-0.15, -0.1) is 0 Å². The van der Waals surface area contributed by atoms with E-state index in [4.69, 9.17) is 5.11 Å². The van der Waals surface area contributed by atoms with Gasteiger partial charge in [-0.3, -0.25) is 4.79 Å². The molecule has 0 saturated heterocycles. The van der Waals surface area contributed by atoms with Crippen molar-refractivity contribution in [3.63, 3.8) is 0 Å². The maximum Gasteiger partial charge on any atom is 0.306 e. The number of carbonyl (C=O) groups is 1. The van der Waals surface area contributed by atoms with Gasteiger partial charge < -0.3 is 10.0 Å². The monoisotopic (exact) mass is 261 g/mol. The van der Waals surface area contributed by atoms with Crippen LogP contribution in [0.15, 0.2) is 18.2 Å². The van der Waals surface area contributed by atoms with Gasteiger partial charge in [0, 0.05) is 24.2 Å². The van der Waals surface area contributed by atoms with Crippen molar-refractivity contribution in [1.29, 1.82) is 0 Å². The molecule has 1 aliphatic rings. The summed E-state index contributed by atoms with van der Waals surface area (Å²) in [6, 6.07) is 6.76. The molecule has 0 saturated carbocycles. The Morgan fingerprint density at radius 2 is 2.11 bits per heavy atom. The normalized spacial score (nSPS) is 19.6. The van der Waals surface area contributed by atoms with Crippen LogP contribution in [0.5, 0.6) is 0 Å². The summed E-state index contributed by atoms with van der Waals surface area (Å²) in [7, 11) is 0. The minimum atomic E-state index is -0.722. The number of hydrogen-bond donors (Lipinski definition) is 1. The highest BCUT2D eigenvalue weighted by molar-refractivity contribution is 5.72. The number of benzene rings is 1. The number of fused-ring (bicyclic) bond motifs is 1. The molecule has 0 bridgehead atoms. The lowest BCUT2D eigenvalue weighted by Gasteiger charge is -2.27. The third kappa shape index (κ3) is 2.60. The number of carboxylic acid groups (broad SMARTS) is 1. The number of hydrogen-bond acceptors (Lipinski definition) is 2. The fraction of sp³-hybridized carbons (Fsp3) is 0.562. The second-order valence-corrected chi connectivity index (χ2v) is 5.95. The van der Waals surface area contributed by atoms with Crippen molar-refractivity contribution in [1.82, 2.24) is 0 Å². The minimum Gasteiger partial charge on any atom is -0.481 e. The molecule has 0 aliphatic carbocycles. The Morgan fingerprint density at radius 3 is 2.68 bits per heavy atom. The summed E-state index contributed by atoms with van der Waals surface area (Å²) in [5.74, 6) is -0.534. The molecule has 0 fully saturated rings. The van der Waals surface area contributed by atoms with E-state index >= 15 is 0 Å². The predicted molar refractivity (Wildman–Crippen MR) is 77.8 cm³/mol. The Labute approximate surface area is 115 Å². The van der Waals surface area contributed by atoms with Crippen molar-refractivity contribution in [3.8, 4) is 0 Å². The Morgan fingerprint density at radius 1 is 1.42 bits per heavy atom. The van der Waals surface area contributed by atoms with Crippen LogP contribution in [-0.2, 0) is 11.2 Å². The molecule has 2 rings (SSSR count). The SMILES string of the molecule is CC(Cc1cccc2c1N(C(C)C)CC2C)C(=O)O. The highest BCUT2D eigenvalue weighted by Gasteiger charge is 2.30. The minimum absolute atomic E-state index is 0.337. The number of anilines is 1.